The Kier molecular flexibility index (Phi) is 4.62. The molecule has 0 aliphatic heterocycles. The van der Waals surface area contributed by atoms with E-state index in [2.05, 4.69) is 25.2 Å². The monoisotopic (exact) mass is 281 g/mol. The fourth-order valence-corrected chi connectivity index (χ4v) is 3.24. The number of halogens is 1. The van der Waals surface area contributed by atoms with Gasteiger partial charge in [0.2, 0.25) is 0 Å². The molecule has 1 saturated carbocycles. The van der Waals surface area contributed by atoms with Gasteiger partial charge in [-0.05, 0) is 43.2 Å². The number of benzene rings is 1. The minimum Gasteiger partial charge on any atom is -0.495 e. The first kappa shape index (κ1) is 14.5. The van der Waals surface area contributed by atoms with Gasteiger partial charge in [-0.15, -0.1) is 0 Å². The van der Waals surface area contributed by atoms with E-state index in [-0.39, 0.29) is 0 Å². The van der Waals surface area contributed by atoms with Crippen molar-refractivity contribution in [1.82, 2.24) is 0 Å². The molecule has 106 valence electrons. The molecule has 1 aromatic carbocycles. The fourth-order valence-electron chi connectivity index (χ4n) is 3.09. The van der Waals surface area contributed by atoms with Crippen molar-refractivity contribution in [1.29, 1.82) is 0 Å². The second-order valence-corrected chi connectivity index (χ2v) is 6.26. The van der Waals surface area contributed by atoms with Crippen LogP contribution in [0.2, 0.25) is 5.02 Å². The van der Waals surface area contributed by atoms with Crippen molar-refractivity contribution >= 4 is 17.3 Å². The van der Waals surface area contributed by atoms with Crippen LogP contribution in [0, 0.1) is 18.8 Å². The van der Waals surface area contributed by atoms with Gasteiger partial charge in [0, 0.05) is 17.1 Å². The Morgan fingerprint density at radius 1 is 1.21 bits per heavy atom. The predicted octanol–water partition coefficient (Wildman–Crippen LogP) is 4.89. The van der Waals surface area contributed by atoms with Gasteiger partial charge in [-0.25, -0.2) is 0 Å². The minimum atomic E-state index is 0.517. The van der Waals surface area contributed by atoms with Crippen molar-refractivity contribution in [3.05, 3.63) is 22.7 Å². The lowest BCUT2D eigenvalue weighted by molar-refractivity contribution is 0.267. The summed E-state index contributed by atoms with van der Waals surface area (Å²) in [4.78, 5) is 0. The van der Waals surface area contributed by atoms with Crippen molar-refractivity contribution in [2.75, 3.05) is 12.4 Å². The zero-order chi connectivity index (χ0) is 14.0. The predicted molar refractivity (Wildman–Crippen MR) is 82.3 cm³/mol. The quantitative estimate of drug-likeness (QED) is 0.851. The van der Waals surface area contributed by atoms with Crippen molar-refractivity contribution in [2.45, 2.75) is 46.1 Å². The first-order valence-corrected chi connectivity index (χ1v) is 7.51. The molecule has 1 fully saturated rings. The molecule has 2 rings (SSSR count). The lowest BCUT2D eigenvalue weighted by Gasteiger charge is -2.36. The molecule has 2 atom stereocenters. The largest absolute Gasteiger partial charge is 0.495 e. The maximum Gasteiger partial charge on any atom is 0.143 e. The first-order valence-electron chi connectivity index (χ1n) is 7.13. The van der Waals surface area contributed by atoms with Gasteiger partial charge in [0.1, 0.15) is 5.75 Å². The molecule has 1 aliphatic rings. The highest BCUT2D eigenvalue weighted by Crippen LogP contribution is 2.36. The SMILES string of the molecule is COc1cc(Cl)c(C)cc1NC1C(C)CCCC1C. The van der Waals surface area contributed by atoms with Gasteiger partial charge in [-0.1, -0.05) is 31.9 Å². The van der Waals surface area contributed by atoms with Gasteiger partial charge in [-0.3, -0.25) is 0 Å². The Morgan fingerprint density at radius 3 is 2.42 bits per heavy atom. The number of hydrogen-bond acceptors (Lipinski definition) is 2. The summed E-state index contributed by atoms with van der Waals surface area (Å²) in [5.74, 6) is 2.23. The normalized spacial score (nSPS) is 27.1. The Hall–Kier alpha value is -0.890. The maximum absolute atomic E-state index is 6.16. The van der Waals surface area contributed by atoms with Crippen LogP contribution in [0.25, 0.3) is 0 Å². The maximum atomic E-state index is 6.16. The zero-order valence-electron chi connectivity index (χ0n) is 12.3. The van der Waals surface area contributed by atoms with E-state index in [1.54, 1.807) is 7.11 Å². The smallest absolute Gasteiger partial charge is 0.143 e. The molecule has 0 heterocycles. The summed E-state index contributed by atoms with van der Waals surface area (Å²) in [5.41, 5.74) is 2.15. The van der Waals surface area contributed by atoms with E-state index in [0.29, 0.717) is 17.9 Å². The molecule has 0 bridgehead atoms. The molecule has 19 heavy (non-hydrogen) atoms. The second kappa shape index (κ2) is 6.04. The standard InChI is InChI=1S/C16H24ClNO/c1-10-6-5-7-11(2)16(10)18-14-8-12(3)13(17)9-15(14)19-4/h8-11,16,18H,5-7H2,1-4H3. The molecule has 1 aliphatic carbocycles. The molecule has 0 aromatic heterocycles. The van der Waals surface area contributed by atoms with Gasteiger partial charge in [-0.2, -0.15) is 0 Å². The Morgan fingerprint density at radius 2 is 1.84 bits per heavy atom. The van der Waals surface area contributed by atoms with Crippen LogP contribution in [-0.2, 0) is 0 Å². The topological polar surface area (TPSA) is 21.3 Å². The third-order valence-electron chi connectivity index (χ3n) is 4.35. The third-order valence-corrected chi connectivity index (χ3v) is 4.76. The number of aryl methyl sites for hydroxylation is 1. The summed E-state index contributed by atoms with van der Waals surface area (Å²) in [7, 11) is 1.69. The van der Waals surface area contributed by atoms with E-state index >= 15 is 0 Å². The third kappa shape index (κ3) is 3.17. The van der Waals surface area contributed by atoms with Crippen LogP contribution in [0.1, 0.15) is 38.7 Å². The van der Waals surface area contributed by atoms with Gasteiger partial charge < -0.3 is 10.1 Å². The number of ether oxygens (including phenoxy) is 1. The lowest BCUT2D eigenvalue weighted by atomic mass is 9.78. The number of rotatable bonds is 3. The molecule has 0 amide bonds. The number of nitrogens with one attached hydrogen (secondary N) is 1. The second-order valence-electron chi connectivity index (χ2n) is 5.86. The summed E-state index contributed by atoms with van der Waals surface area (Å²) in [6.07, 6.45) is 3.95. The number of methoxy groups -OCH3 is 1. The fraction of sp³-hybridized carbons (Fsp3) is 0.625. The van der Waals surface area contributed by atoms with E-state index in [0.717, 1.165) is 22.0 Å². The van der Waals surface area contributed by atoms with Crippen molar-refractivity contribution < 1.29 is 4.74 Å². The number of hydrogen-bond donors (Lipinski definition) is 1. The zero-order valence-corrected chi connectivity index (χ0v) is 13.1. The van der Waals surface area contributed by atoms with E-state index in [1.807, 2.05) is 13.0 Å². The average molecular weight is 282 g/mol. The molecule has 1 N–H and O–H groups in total. The molecular weight excluding hydrogens is 258 g/mol. The molecule has 0 spiro atoms. The molecule has 1 aromatic rings. The Labute approximate surface area is 121 Å². The van der Waals surface area contributed by atoms with E-state index in [4.69, 9.17) is 16.3 Å². The highest BCUT2D eigenvalue weighted by atomic mass is 35.5. The summed E-state index contributed by atoms with van der Waals surface area (Å²) in [6, 6.07) is 4.51. The summed E-state index contributed by atoms with van der Waals surface area (Å²) in [5, 5.41) is 4.44. The van der Waals surface area contributed by atoms with Gasteiger partial charge in [0.05, 0.1) is 12.8 Å². The molecule has 3 heteroatoms. The van der Waals surface area contributed by atoms with Crippen LogP contribution in [0.3, 0.4) is 0 Å². The van der Waals surface area contributed by atoms with Crippen LogP contribution in [0.5, 0.6) is 5.75 Å². The van der Waals surface area contributed by atoms with E-state index in [9.17, 15) is 0 Å². The molecule has 2 unspecified atom stereocenters. The van der Waals surface area contributed by atoms with Crippen LogP contribution >= 0.6 is 11.6 Å². The molecular formula is C16H24ClNO. The summed E-state index contributed by atoms with van der Waals surface area (Å²) < 4.78 is 5.45. The Balaban J connectivity index is 2.24. The van der Waals surface area contributed by atoms with Crippen LogP contribution in [0.15, 0.2) is 12.1 Å². The lowest BCUT2D eigenvalue weighted by Crippen LogP contribution is -2.37. The summed E-state index contributed by atoms with van der Waals surface area (Å²) in [6.45, 7) is 6.70. The highest BCUT2D eigenvalue weighted by molar-refractivity contribution is 6.31. The highest BCUT2D eigenvalue weighted by Gasteiger charge is 2.28. The molecule has 0 radical (unpaired) electrons. The summed E-state index contributed by atoms with van der Waals surface area (Å²) >= 11 is 6.16. The molecule has 2 nitrogen and oxygen atoms in total. The van der Waals surface area contributed by atoms with Crippen molar-refractivity contribution in [3.63, 3.8) is 0 Å². The van der Waals surface area contributed by atoms with Crippen LogP contribution < -0.4 is 10.1 Å². The Bertz CT molecular complexity index is 437. The van der Waals surface area contributed by atoms with Gasteiger partial charge in [0.25, 0.3) is 0 Å². The van der Waals surface area contributed by atoms with Gasteiger partial charge in [0.15, 0.2) is 0 Å². The minimum absolute atomic E-state index is 0.517. The molecule has 0 saturated heterocycles. The van der Waals surface area contributed by atoms with Crippen molar-refractivity contribution in [3.8, 4) is 5.75 Å². The van der Waals surface area contributed by atoms with E-state index < -0.39 is 0 Å². The average Bonchev–Trinajstić information content (AvgIpc) is 2.37. The van der Waals surface area contributed by atoms with Crippen LogP contribution in [-0.4, -0.2) is 13.2 Å². The van der Waals surface area contributed by atoms with Gasteiger partial charge >= 0.3 is 0 Å². The van der Waals surface area contributed by atoms with Crippen molar-refractivity contribution in [2.24, 2.45) is 11.8 Å². The number of anilines is 1. The van der Waals surface area contributed by atoms with E-state index in [1.165, 1.54) is 19.3 Å². The van der Waals surface area contributed by atoms with Crippen LogP contribution in [0.4, 0.5) is 5.69 Å². The first-order chi connectivity index (χ1) is 9.02.